The van der Waals surface area contributed by atoms with Gasteiger partial charge < -0.3 is 14.6 Å². The fraction of sp³-hybridized carbons (Fsp3) is 0.462. The molecule has 0 saturated carbocycles. The van der Waals surface area contributed by atoms with Crippen LogP contribution in [-0.2, 0) is 16.0 Å². The molecule has 0 fully saturated rings. The molecule has 1 rings (SSSR count). The summed E-state index contributed by atoms with van der Waals surface area (Å²) in [5.74, 6) is -0.187. The minimum Gasteiger partial charge on any atom is -0.493 e. The number of carbonyl (C=O) groups is 1. The third kappa shape index (κ3) is 5.36. The zero-order chi connectivity index (χ0) is 12.5. The van der Waals surface area contributed by atoms with Crippen molar-refractivity contribution in [1.29, 1.82) is 0 Å². The van der Waals surface area contributed by atoms with Crippen LogP contribution < -0.4 is 4.74 Å². The Labute approximate surface area is 101 Å². The highest BCUT2D eigenvalue weighted by molar-refractivity contribution is 5.71. The summed E-state index contributed by atoms with van der Waals surface area (Å²) in [5, 5.41) is 8.76. The first-order chi connectivity index (χ1) is 8.24. The largest absolute Gasteiger partial charge is 0.493 e. The van der Waals surface area contributed by atoms with Gasteiger partial charge in [0.15, 0.2) is 0 Å². The number of aliphatic carboxylic acids is 1. The molecule has 0 amide bonds. The van der Waals surface area contributed by atoms with Gasteiger partial charge in [0.05, 0.1) is 13.0 Å². The average molecular weight is 238 g/mol. The first-order valence-corrected chi connectivity index (χ1v) is 5.65. The van der Waals surface area contributed by atoms with E-state index in [0.717, 1.165) is 19.4 Å². The number of para-hydroxylation sites is 1. The molecule has 0 aliphatic heterocycles. The van der Waals surface area contributed by atoms with Crippen molar-refractivity contribution in [1.82, 2.24) is 0 Å². The molecule has 0 unspecified atom stereocenters. The standard InChI is InChI=1S/C13H18O4/c1-16-8-4-5-9-17-12-7-3-2-6-11(12)10-13(14)15/h2-3,6-7H,4-5,8-10H2,1H3,(H,14,15). The minimum absolute atomic E-state index is 0.00571. The summed E-state index contributed by atoms with van der Waals surface area (Å²) in [6.45, 7) is 1.31. The zero-order valence-electron chi connectivity index (χ0n) is 10.0. The number of hydrogen-bond acceptors (Lipinski definition) is 3. The van der Waals surface area contributed by atoms with Gasteiger partial charge in [0.25, 0.3) is 0 Å². The van der Waals surface area contributed by atoms with Crippen LogP contribution in [0.4, 0.5) is 0 Å². The van der Waals surface area contributed by atoms with Crippen LogP contribution in [0.2, 0.25) is 0 Å². The van der Waals surface area contributed by atoms with Crippen LogP contribution >= 0.6 is 0 Å². The molecule has 0 aliphatic rings. The Balaban J connectivity index is 2.43. The molecule has 1 N–H and O–H groups in total. The SMILES string of the molecule is COCCCCOc1ccccc1CC(=O)O. The Kier molecular flexibility index (Phi) is 6.10. The van der Waals surface area contributed by atoms with Gasteiger partial charge in [-0.05, 0) is 18.9 Å². The van der Waals surface area contributed by atoms with E-state index in [1.807, 2.05) is 12.1 Å². The van der Waals surface area contributed by atoms with E-state index in [-0.39, 0.29) is 6.42 Å². The molecule has 0 saturated heterocycles. The highest BCUT2D eigenvalue weighted by Gasteiger charge is 2.06. The van der Waals surface area contributed by atoms with Crippen LogP contribution in [0.5, 0.6) is 5.75 Å². The fourth-order valence-corrected chi connectivity index (χ4v) is 1.48. The van der Waals surface area contributed by atoms with Crippen molar-refractivity contribution in [2.45, 2.75) is 19.3 Å². The maximum atomic E-state index is 10.7. The molecule has 0 spiro atoms. The molecule has 1 aromatic rings. The van der Waals surface area contributed by atoms with Crippen LogP contribution in [0.1, 0.15) is 18.4 Å². The van der Waals surface area contributed by atoms with Crippen molar-refractivity contribution in [2.24, 2.45) is 0 Å². The Bertz CT molecular complexity index is 349. The molecule has 1 aromatic carbocycles. The zero-order valence-corrected chi connectivity index (χ0v) is 10.0. The molecule has 17 heavy (non-hydrogen) atoms. The second-order valence-corrected chi connectivity index (χ2v) is 3.73. The summed E-state index contributed by atoms with van der Waals surface area (Å²) in [6, 6.07) is 7.24. The van der Waals surface area contributed by atoms with Gasteiger partial charge in [-0.1, -0.05) is 18.2 Å². The summed E-state index contributed by atoms with van der Waals surface area (Å²) < 4.78 is 10.5. The van der Waals surface area contributed by atoms with Gasteiger partial charge in [-0.25, -0.2) is 0 Å². The third-order valence-corrected chi connectivity index (χ3v) is 2.31. The lowest BCUT2D eigenvalue weighted by Gasteiger charge is -2.09. The Morgan fingerprint density at radius 1 is 1.24 bits per heavy atom. The van der Waals surface area contributed by atoms with Crippen LogP contribution in [-0.4, -0.2) is 31.4 Å². The number of benzene rings is 1. The highest BCUT2D eigenvalue weighted by atomic mass is 16.5. The number of carboxylic acid groups (broad SMARTS) is 1. The number of unbranched alkanes of at least 4 members (excludes halogenated alkanes) is 1. The molecule has 4 nitrogen and oxygen atoms in total. The summed E-state index contributed by atoms with van der Waals surface area (Å²) in [4.78, 5) is 10.7. The quantitative estimate of drug-likeness (QED) is 0.705. The average Bonchev–Trinajstić information content (AvgIpc) is 2.30. The van der Waals surface area contributed by atoms with E-state index in [2.05, 4.69) is 0 Å². The minimum atomic E-state index is -0.847. The van der Waals surface area contributed by atoms with Crippen molar-refractivity contribution in [3.63, 3.8) is 0 Å². The number of ether oxygens (including phenoxy) is 2. The molecule has 0 atom stereocenters. The normalized spacial score (nSPS) is 10.2. The van der Waals surface area contributed by atoms with Gasteiger partial charge >= 0.3 is 5.97 Å². The Hall–Kier alpha value is -1.55. The fourth-order valence-electron chi connectivity index (χ4n) is 1.48. The van der Waals surface area contributed by atoms with E-state index >= 15 is 0 Å². The number of hydrogen-bond donors (Lipinski definition) is 1. The van der Waals surface area contributed by atoms with Crippen molar-refractivity contribution in [2.75, 3.05) is 20.3 Å². The van der Waals surface area contributed by atoms with Gasteiger partial charge in [0.2, 0.25) is 0 Å². The van der Waals surface area contributed by atoms with Gasteiger partial charge in [-0.15, -0.1) is 0 Å². The van der Waals surface area contributed by atoms with E-state index < -0.39 is 5.97 Å². The molecule has 0 aliphatic carbocycles. The topological polar surface area (TPSA) is 55.8 Å². The maximum Gasteiger partial charge on any atom is 0.307 e. The molecule has 0 heterocycles. The van der Waals surface area contributed by atoms with Crippen LogP contribution in [0.15, 0.2) is 24.3 Å². The lowest BCUT2D eigenvalue weighted by atomic mass is 10.1. The summed E-state index contributed by atoms with van der Waals surface area (Å²) in [7, 11) is 1.67. The number of rotatable bonds is 8. The Morgan fingerprint density at radius 2 is 1.94 bits per heavy atom. The van der Waals surface area contributed by atoms with E-state index in [0.29, 0.717) is 17.9 Å². The Morgan fingerprint density at radius 3 is 2.65 bits per heavy atom. The van der Waals surface area contributed by atoms with Gasteiger partial charge in [0.1, 0.15) is 5.75 Å². The maximum absolute atomic E-state index is 10.7. The van der Waals surface area contributed by atoms with Crippen molar-refractivity contribution >= 4 is 5.97 Å². The van der Waals surface area contributed by atoms with Crippen molar-refractivity contribution in [3.8, 4) is 5.75 Å². The van der Waals surface area contributed by atoms with E-state index in [9.17, 15) is 4.79 Å². The summed E-state index contributed by atoms with van der Waals surface area (Å²) >= 11 is 0. The summed E-state index contributed by atoms with van der Waals surface area (Å²) in [6.07, 6.45) is 1.83. The van der Waals surface area contributed by atoms with Crippen LogP contribution in [0, 0.1) is 0 Å². The highest BCUT2D eigenvalue weighted by Crippen LogP contribution is 2.18. The van der Waals surface area contributed by atoms with E-state index in [4.69, 9.17) is 14.6 Å². The van der Waals surface area contributed by atoms with Gasteiger partial charge in [-0.2, -0.15) is 0 Å². The smallest absolute Gasteiger partial charge is 0.307 e. The summed E-state index contributed by atoms with van der Waals surface area (Å²) in [5.41, 5.74) is 0.715. The van der Waals surface area contributed by atoms with Crippen molar-refractivity contribution < 1.29 is 19.4 Å². The molecule has 0 bridgehead atoms. The van der Waals surface area contributed by atoms with E-state index in [1.165, 1.54) is 0 Å². The first kappa shape index (κ1) is 13.5. The molecule has 94 valence electrons. The number of carboxylic acids is 1. The predicted molar refractivity (Wildman–Crippen MR) is 64.4 cm³/mol. The lowest BCUT2D eigenvalue weighted by molar-refractivity contribution is -0.136. The molecule has 0 aromatic heterocycles. The van der Waals surface area contributed by atoms with Crippen LogP contribution in [0.25, 0.3) is 0 Å². The van der Waals surface area contributed by atoms with Gasteiger partial charge in [0, 0.05) is 19.3 Å². The van der Waals surface area contributed by atoms with Crippen LogP contribution in [0.3, 0.4) is 0 Å². The van der Waals surface area contributed by atoms with E-state index in [1.54, 1.807) is 19.2 Å². The lowest BCUT2D eigenvalue weighted by Crippen LogP contribution is -2.05. The second-order valence-electron chi connectivity index (χ2n) is 3.73. The van der Waals surface area contributed by atoms with Crippen molar-refractivity contribution in [3.05, 3.63) is 29.8 Å². The first-order valence-electron chi connectivity index (χ1n) is 5.65. The van der Waals surface area contributed by atoms with Gasteiger partial charge in [-0.3, -0.25) is 4.79 Å². The molecule has 0 radical (unpaired) electrons. The predicted octanol–water partition coefficient (Wildman–Crippen LogP) is 2.12. The molecule has 4 heteroatoms. The third-order valence-electron chi connectivity index (χ3n) is 2.31. The second kappa shape index (κ2) is 7.68. The number of methoxy groups -OCH3 is 1. The monoisotopic (exact) mass is 238 g/mol. The molecular formula is C13H18O4. The molecular weight excluding hydrogens is 220 g/mol.